The van der Waals surface area contributed by atoms with Crippen LogP contribution in [0.1, 0.15) is 10.5 Å². The zero-order chi connectivity index (χ0) is 11.1. The quantitative estimate of drug-likeness (QED) is 0.673. The van der Waals surface area contributed by atoms with E-state index in [0.717, 1.165) is 5.39 Å². The van der Waals surface area contributed by atoms with Gasteiger partial charge in [-0.2, -0.15) is 5.10 Å². The molecule has 0 fully saturated rings. The van der Waals surface area contributed by atoms with E-state index in [-0.39, 0.29) is 12.4 Å². The Morgan fingerprint density at radius 3 is 2.88 bits per heavy atom. The molecule has 0 bridgehead atoms. The molecule has 7 heteroatoms. The van der Waals surface area contributed by atoms with Crippen molar-refractivity contribution in [3.8, 4) is 0 Å². The SMILES string of the molecule is Cl.NC(=O)c1[nH]nc2c1ccc1cncnc12. The maximum absolute atomic E-state index is 11.1. The molecular weight excluding hydrogens is 242 g/mol. The number of nitrogens with one attached hydrogen (secondary N) is 1. The Balaban J connectivity index is 0.00000108. The van der Waals surface area contributed by atoms with Crippen LogP contribution in [0, 0.1) is 0 Å². The molecule has 2 aromatic heterocycles. The summed E-state index contributed by atoms with van der Waals surface area (Å²) in [6.45, 7) is 0. The van der Waals surface area contributed by atoms with Gasteiger partial charge in [-0.05, 0) is 6.07 Å². The number of primary amides is 1. The number of H-pyrrole nitrogens is 1. The van der Waals surface area contributed by atoms with Gasteiger partial charge in [0.25, 0.3) is 5.91 Å². The van der Waals surface area contributed by atoms with Crippen LogP contribution in [0.3, 0.4) is 0 Å². The molecule has 3 aromatic rings. The lowest BCUT2D eigenvalue weighted by atomic mass is 10.1. The van der Waals surface area contributed by atoms with Crippen LogP contribution >= 0.6 is 12.4 Å². The number of rotatable bonds is 1. The van der Waals surface area contributed by atoms with Crippen molar-refractivity contribution in [2.45, 2.75) is 0 Å². The van der Waals surface area contributed by atoms with Crippen molar-refractivity contribution in [1.29, 1.82) is 0 Å². The fourth-order valence-corrected chi connectivity index (χ4v) is 1.71. The minimum Gasteiger partial charge on any atom is -0.364 e. The van der Waals surface area contributed by atoms with E-state index in [1.165, 1.54) is 6.33 Å². The van der Waals surface area contributed by atoms with E-state index >= 15 is 0 Å². The largest absolute Gasteiger partial charge is 0.364 e. The smallest absolute Gasteiger partial charge is 0.267 e. The van der Waals surface area contributed by atoms with Gasteiger partial charge in [0.2, 0.25) is 0 Å². The molecule has 0 radical (unpaired) electrons. The van der Waals surface area contributed by atoms with Crippen LogP contribution in [0.15, 0.2) is 24.7 Å². The predicted octanol–water partition coefficient (Wildman–Crippen LogP) is 1.03. The van der Waals surface area contributed by atoms with Gasteiger partial charge in [0.15, 0.2) is 0 Å². The van der Waals surface area contributed by atoms with E-state index in [2.05, 4.69) is 20.2 Å². The minimum atomic E-state index is -0.532. The molecule has 0 aliphatic heterocycles. The van der Waals surface area contributed by atoms with Crippen molar-refractivity contribution >= 4 is 40.1 Å². The average Bonchev–Trinajstić information content (AvgIpc) is 2.73. The van der Waals surface area contributed by atoms with E-state index in [1.807, 2.05) is 6.07 Å². The molecule has 3 rings (SSSR count). The van der Waals surface area contributed by atoms with Crippen LogP contribution < -0.4 is 5.73 Å². The van der Waals surface area contributed by atoms with Gasteiger partial charge in [-0.25, -0.2) is 9.97 Å². The normalized spacial score (nSPS) is 10.4. The second-order valence-corrected chi connectivity index (χ2v) is 3.39. The minimum absolute atomic E-state index is 0. The summed E-state index contributed by atoms with van der Waals surface area (Å²) >= 11 is 0. The number of nitrogens with zero attached hydrogens (tertiary/aromatic N) is 3. The molecule has 0 unspecified atom stereocenters. The van der Waals surface area contributed by atoms with Crippen molar-refractivity contribution in [2.24, 2.45) is 5.73 Å². The highest BCUT2D eigenvalue weighted by molar-refractivity contribution is 6.11. The summed E-state index contributed by atoms with van der Waals surface area (Å²) in [6.07, 6.45) is 3.14. The molecule has 86 valence electrons. The first-order valence-corrected chi connectivity index (χ1v) is 4.64. The van der Waals surface area contributed by atoms with Crippen molar-refractivity contribution in [3.05, 3.63) is 30.4 Å². The number of halogens is 1. The van der Waals surface area contributed by atoms with Crippen molar-refractivity contribution in [2.75, 3.05) is 0 Å². The summed E-state index contributed by atoms with van der Waals surface area (Å²) in [5, 5.41) is 8.22. The molecule has 6 nitrogen and oxygen atoms in total. The van der Waals surface area contributed by atoms with Crippen LogP contribution in [-0.4, -0.2) is 26.1 Å². The number of hydrogen-bond acceptors (Lipinski definition) is 4. The van der Waals surface area contributed by atoms with Gasteiger partial charge in [-0.15, -0.1) is 12.4 Å². The zero-order valence-corrected chi connectivity index (χ0v) is 9.36. The lowest BCUT2D eigenvalue weighted by Gasteiger charge is -1.96. The third-order valence-corrected chi connectivity index (χ3v) is 2.44. The standard InChI is InChI=1S/C10H7N5O.ClH/c11-10(16)9-6-2-1-5-3-12-4-13-7(5)8(6)14-15-9;/h1-4H,(H2,11,16)(H,14,15);1H. The Morgan fingerprint density at radius 2 is 2.12 bits per heavy atom. The Bertz CT molecular complexity index is 708. The van der Waals surface area contributed by atoms with Crippen LogP contribution in [0.4, 0.5) is 0 Å². The summed E-state index contributed by atoms with van der Waals surface area (Å²) in [5.74, 6) is -0.532. The molecule has 17 heavy (non-hydrogen) atoms. The summed E-state index contributed by atoms with van der Waals surface area (Å²) < 4.78 is 0. The average molecular weight is 250 g/mol. The topological polar surface area (TPSA) is 97.6 Å². The van der Waals surface area contributed by atoms with Crippen LogP contribution in [0.2, 0.25) is 0 Å². The predicted molar refractivity (Wildman–Crippen MR) is 65.0 cm³/mol. The number of fused-ring (bicyclic) bond motifs is 3. The van der Waals surface area contributed by atoms with E-state index in [4.69, 9.17) is 5.73 Å². The molecule has 3 N–H and O–H groups in total. The highest BCUT2D eigenvalue weighted by Crippen LogP contribution is 2.22. The highest BCUT2D eigenvalue weighted by Gasteiger charge is 2.12. The lowest BCUT2D eigenvalue weighted by Crippen LogP contribution is -2.11. The van der Waals surface area contributed by atoms with Crippen LogP contribution in [0.5, 0.6) is 0 Å². The number of nitrogens with two attached hydrogens (primary N) is 1. The fraction of sp³-hybridized carbons (Fsp3) is 0. The highest BCUT2D eigenvalue weighted by atomic mass is 35.5. The number of amides is 1. The molecule has 0 spiro atoms. The van der Waals surface area contributed by atoms with Crippen molar-refractivity contribution < 1.29 is 4.79 Å². The van der Waals surface area contributed by atoms with Gasteiger partial charge in [0.1, 0.15) is 23.1 Å². The van der Waals surface area contributed by atoms with Gasteiger partial charge in [-0.3, -0.25) is 9.89 Å². The second kappa shape index (κ2) is 3.99. The molecular formula is C10H8ClN5O. The molecule has 1 amide bonds. The number of aromatic nitrogens is 4. The third kappa shape index (κ3) is 1.58. The first kappa shape index (κ1) is 11.3. The number of hydrogen-bond donors (Lipinski definition) is 2. The van der Waals surface area contributed by atoms with Gasteiger partial charge >= 0.3 is 0 Å². The summed E-state index contributed by atoms with van der Waals surface area (Å²) in [7, 11) is 0. The summed E-state index contributed by atoms with van der Waals surface area (Å²) in [4.78, 5) is 19.2. The Labute approximate surface area is 102 Å². The lowest BCUT2D eigenvalue weighted by molar-refractivity contribution is 0.0997. The first-order valence-electron chi connectivity index (χ1n) is 4.64. The Kier molecular flexibility index (Phi) is 2.64. The number of aromatic amines is 1. The summed E-state index contributed by atoms with van der Waals surface area (Å²) in [6, 6.07) is 3.62. The maximum atomic E-state index is 11.1. The van der Waals surface area contributed by atoms with Crippen molar-refractivity contribution in [1.82, 2.24) is 20.2 Å². The summed E-state index contributed by atoms with van der Waals surface area (Å²) in [5.41, 5.74) is 6.86. The molecule has 0 saturated carbocycles. The molecule has 0 aliphatic carbocycles. The second-order valence-electron chi connectivity index (χ2n) is 3.39. The number of carbonyl (C=O) groups excluding carboxylic acids is 1. The van der Waals surface area contributed by atoms with Crippen LogP contribution in [-0.2, 0) is 0 Å². The van der Waals surface area contributed by atoms with E-state index < -0.39 is 5.91 Å². The molecule has 0 atom stereocenters. The third-order valence-electron chi connectivity index (χ3n) is 2.44. The van der Waals surface area contributed by atoms with Gasteiger partial charge in [0.05, 0.1) is 0 Å². The van der Waals surface area contributed by atoms with Gasteiger partial charge < -0.3 is 5.73 Å². The van der Waals surface area contributed by atoms with Gasteiger partial charge in [-0.1, -0.05) is 6.07 Å². The van der Waals surface area contributed by atoms with Crippen molar-refractivity contribution in [3.63, 3.8) is 0 Å². The van der Waals surface area contributed by atoms with Gasteiger partial charge in [0, 0.05) is 17.0 Å². The maximum Gasteiger partial charge on any atom is 0.267 e. The molecule has 1 aromatic carbocycles. The number of carbonyl (C=O) groups is 1. The molecule has 2 heterocycles. The first-order chi connectivity index (χ1) is 7.77. The Hall–Kier alpha value is -2.21. The Morgan fingerprint density at radius 1 is 1.29 bits per heavy atom. The molecule has 0 aliphatic rings. The zero-order valence-electron chi connectivity index (χ0n) is 8.54. The number of benzene rings is 1. The van der Waals surface area contributed by atoms with E-state index in [9.17, 15) is 4.79 Å². The van der Waals surface area contributed by atoms with E-state index in [0.29, 0.717) is 22.1 Å². The van der Waals surface area contributed by atoms with Crippen LogP contribution in [0.25, 0.3) is 21.8 Å². The van der Waals surface area contributed by atoms with E-state index in [1.54, 1.807) is 12.3 Å². The monoisotopic (exact) mass is 249 g/mol. The fourth-order valence-electron chi connectivity index (χ4n) is 1.71. The molecule has 0 saturated heterocycles.